The van der Waals surface area contributed by atoms with Gasteiger partial charge in [0, 0.05) is 33.4 Å². The summed E-state index contributed by atoms with van der Waals surface area (Å²) in [4.78, 5) is 15.4. The molecule has 0 aromatic heterocycles. The van der Waals surface area contributed by atoms with Crippen LogP contribution in [0.4, 0.5) is 5.69 Å². The van der Waals surface area contributed by atoms with Gasteiger partial charge in [0.2, 0.25) is 0 Å². The Morgan fingerprint density at radius 1 is 1.03 bits per heavy atom. The van der Waals surface area contributed by atoms with Crippen molar-refractivity contribution in [3.63, 3.8) is 0 Å². The summed E-state index contributed by atoms with van der Waals surface area (Å²) in [5.41, 5.74) is 13.2. The third-order valence-corrected chi connectivity index (χ3v) is 7.72. The summed E-state index contributed by atoms with van der Waals surface area (Å²) in [7, 11) is 0. The fraction of sp³-hybridized carbons (Fsp3) is 0.226. The van der Waals surface area contributed by atoms with E-state index in [1.165, 1.54) is 0 Å². The van der Waals surface area contributed by atoms with Gasteiger partial charge in [0.05, 0.1) is 17.6 Å². The number of allylic oxidation sites excluding steroid dienone is 3. The highest BCUT2D eigenvalue weighted by Crippen LogP contribution is 2.47. The Bertz CT molecular complexity index is 1520. The highest BCUT2D eigenvalue weighted by Gasteiger charge is 2.41. The summed E-state index contributed by atoms with van der Waals surface area (Å²) in [5.74, 6) is 0.562. The van der Waals surface area contributed by atoms with Gasteiger partial charge in [-0.05, 0) is 91.9 Å². The number of ketones is 1. The van der Waals surface area contributed by atoms with E-state index in [4.69, 9.17) is 33.7 Å². The van der Waals surface area contributed by atoms with Gasteiger partial charge in [-0.25, -0.2) is 0 Å². The zero-order valence-corrected chi connectivity index (χ0v) is 22.7. The van der Waals surface area contributed by atoms with Crippen LogP contribution in [0.5, 0.6) is 5.75 Å². The van der Waals surface area contributed by atoms with E-state index in [1.807, 2.05) is 43.0 Å². The van der Waals surface area contributed by atoms with E-state index in [9.17, 15) is 10.1 Å². The van der Waals surface area contributed by atoms with Crippen molar-refractivity contribution >= 4 is 34.7 Å². The second-order valence-corrected chi connectivity index (χ2v) is 10.5. The average Bonchev–Trinajstić information content (AvgIpc) is 2.90. The molecule has 192 valence electrons. The van der Waals surface area contributed by atoms with E-state index in [2.05, 4.69) is 18.2 Å². The predicted molar refractivity (Wildman–Crippen MR) is 151 cm³/mol. The molecule has 7 heteroatoms. The Kier molecular flexibility index (Phi) is 7.21. The van der Waals surface area contributed by atoms with E-state index in [0.29, 0.717) is 52.2 Å². The monoisotopic (exact) mass is 543 g/mol. The van der Waals surface area contributed by atoms with E-state index in [1.54, 1.807) is 24.3 Å². The van der Waals surface area contributed by atoms with E-state index < -0.39 is 5.92 Å². The van der Waals surface area contributed by atoms with Crippen LogP contribution >= 0.6 is 23.2 Å². The van der Waals surface area contributed by atoms with Crippen LogP contribution < -0.4 is 15.4 Å². The largest absolute Gasteiger partial charge is 0.489 e. The number of ether oxygens (including phenoxy) is 1. The first-order valence-electron chi connectivity index (χ1n) is 12.5. The van der Waals surface area contributed by atoms with Crippen molar-refractivity contribution in [1.82, 2.24) is 0 Å². The normalized spacial score (nSPS) is 17.4. The van der Waals surface area contributed by atoms with Gasteiger partial charge >= 0.3 is 0 Å². The second kappa shape index (κ2) is 10.6. The van der Waals surface area contributed by atoms with Crippen molar-refractivity contribution in [3.8, 4) is 11.8 Å². The molecule has 0 saturated heterocycles. The molecule has 1 aliphatic carbocycles. The lowest BCUT2D eigenvalue weighted by atomic mass is 9.73. The molecular weight excluding hydrogens is 517 g/mol. The van der Waals surface area contributed by atoms with Crippen molar-refractivity contribution in [2.75, 3.05) is 4.90 Å². The summed E-state index contributed by atoms with van der Waals surface area (Å²) >= 11 is 12.1. The number of carbonyl (C=O) groups excluding carboxylic acids is 1. The molecule has 0 fully saturated rings. The fourth-order valence-electron chi connectivity index (χ4n) is 5.39. The Morgan fingerprint density at radius 2 is 1.68 bits per heavy atom. The molecular formula is C31H27Cl2N3O2. The first-order valence-corrected chi connectivity index (χ1v) is 13.2. The fourth-order valence-corrected chi connectivity index (χ4v) is 5.64. The van der Waals surface area contributed by atoms with Crippen molar-refractivity contribution in [2.24, 2.45) is 5.73 Å². The van der Waals surface area contributed by atoms with Crippen LogP contribution in [0.1, 0.15) is 47.4 Å². The molecule has 5 rings (SSSR count). The summed E-state index contributed by atoms with van der Waals surface area (Å²) in [6.07, 6.45) is 1.87. The minimum absolute atomic E-state index is 0.0512. The number of anilines is 1. The Labute approximate surface area is 232 Å². The van der Waals surface area contributed by atoms with Gasteiger partial charge in [0.1, 0.15) is 18.2 Å². The van der Waals surface area contributed by atoms with Gasteiger partial charge in [-0.15, -0.1) is 0 Å². The minimum atomic E-state index is -0.541. The van der Waals surface area contributed by atoms with Crippen LogP contribution in [-0.2, 0) is 11.4 Å². The zero-order valence-electron chi connectivity index (χ0n) is 21.2. The number of hydrogen-bond donors (Lipinski definition) is 1. The number of hydrogen-bond acceptors (Lipinski definition) is 5. The topological polar surface area (TPSA) is 79.3 Å². The number of aryl methyl sites for hydroxylation is 1. The van der Waals surface area contributed by atoms with Crippen molar-refractivity contribution in [1.29, 1.82) is 5.26 Å². The Balaban J connectivity index is 1.62. The van der Waals surface area contributed by atoms with Crippen LogP contribution in [0.3, 0.4) is 0 Å². The number of nitrogens with two attached hydrogens (primary N) is 1. The lowest BCUT2D eigenvalue weighted by Gasteiger charge is -2.40. The number of nitrogens with zero attached hydrogens (tertiary/aromatic N) is 2. The predicted octanol–water partition coefficient (Wildman–Crippen LogP) is 7.49. The maximum atomic E-state index is 13.5. The maximum absolute atomic E-state index is 13.5. The quantitative estimate of drug-likeness (QED) is 0.360. The van der Waals surface area contributed by atoms with Gasteiger partial charge in [-0.3, -0.25) is 9.69 Å². The van der Waals surface area contributed by atoms with Crippen LogP contribution in [0.25, 0.3) is 0 Å². The van der Waals surface area contributed by atoms with Crippen molar-refractivity contribution in [3.05, 3.63) is 116 Å². The smallest absolute Gasteiger partial charge is 0.161 e. The molecule has 1 atom stereocenters. The van der Waals surface area contributed by atoms with Crippen LogP contribution in [0.2, 0.25) is 10.0 Å². The molecule has 0 amide bonds. The van der Waals surface area contributed by atoms with Crippen LogP contribution in [0, 0.1) is 25.2 Å². The van der Waals surface area contributed by atoms with Gasteiger partial charge in [-0.1, -0.05) is 40.9 Å². The summed E-state index contributed by atoms with van der Waals surface area (Å²) in [5, 5.41) is 11.6. The Morgan fingerprint density at radius 3 is 2.34 bits per heavy atom. The second-order valence-electron chi connectivity index (χ2n) is 9.67. The van der Waals surface area contributed by atoms with Crippen molar-refractivity contribution in [2.45, 2.75) is 45.6 Å². The van der Waals surface area contributed by atoms with Gasteiger partial charge in [0.25, 0.3) is 0 Å². The summed E-state index contributed by atoms with van der Waals surface area (Å²) in [6.45, 7) is 4.36. The number of halogens is 2. The molecule has 0 spiro atoms. The number of carbonyl (C=O) groups is 1. The number of benzene rings is 3. The summed E-state index contributed by atoms with van der Waals surface area (Å²) in [6, 6.07) is 21.0. The lowest BCUT2D eigenvalue weighted by molar-refractivity contribution is -0.116. The third kappa shape index (κ3) is 4.78. The molecule has 3 aromatic carbocycles. The van der Waals surface area contributed by atoms with Crippen LogP contribution in [0.15, 0.2) is 83.3 Å². The van der Waals surface area contributed by atoms with Crippen molar-refractivity contribution < 1.29 is 9.53 Å². The molecule has 1 heterocycles. The molecule has 2 aliphatic rings. The number of nitriles is 1. The molecule has 38 heavy (non-hydrogen) atoms. The van der Waals surface area contributed by atoms with Crippen LogP contribution in [-0.4, -0.2) is 5.78 Å². The lowest BCUT2D eigenvalue weighted by Crippen LogP contribution is -2.39. The molecule has 0 bridgehead atoms. The van der Waals surface area contributed by atoms with Gasteiger partial charge in [-0.2, -0.15) is 5.26 Å². The molecule has 5 nitrogen and oxygen atoms in total. The summed E-state index contributed by atoms with van der Waals surface area (Å²) < 4.78 is 6.05. The zero-order chi connectivity index (χ0) is 27.0. The SMILES string of the molecule is Cc1cc(COc2ccc(Cl)cc2)c(C)c(C2C(C#N)=C(N)N(c3ccc(Cl)cc3)C3=C2C(=O)CCC3)c1. The van der Waals surface area contributed by atoms with E-state index >= 15 is 0 Å². The third-order valence-electron chi connectivity index (χ3n) is 7.22. The first-order chi connectivity index (χ1) is 18.3. The minimum Gasteiger partial charge on any atom is -0.489 e. The average molecular weight is 544 g/mol. The van der Waals surface area contributed by atoms with E-state index in [0.717, 1.165) is 40.1 Å². The molecule has 2 N–H and O–H groups in total. The molecule has 1 unspecified atom stereocenters. The molecule has 0 saturated carbocycles. The molecule has 0 radical (unpaired) electrons. The molecule has 1 aliphatic heterocycles. The Hall–Kier alpha value is -3.72. The maximum Gasteiger partial charge on any atom is 0.161 e. The van der Waals surface area contributed by atoms with E-state index in [-0.39, 0.29) is 5.78 Å². The van der Waals surface area contributed by atoms with Gasteiger partial charge < -0.3 is 10.5 Å². The number of rotatable bonds is 5. The standard InChI is InChI=1S/C31H27Cl2N3O2/c1-18-14-20(17-38-24-12-8-22(33)9-13-24)19(2)25(15-18)29-26(16-34)31(35)36(23-10-6-21(32)7-11-23)27-4-3-5-28(37)30(27)29/h6-15,29H,3-5,17,35H2,1-2H3. The number of Topliss-reactive ketones (excluding diaryl/α,β-unsaturated/α-hetero) is 1. The first kappa shape index (κ1) is 25.9. The molecule has 3 aromatic rings. The highest BCUT2D eigenvalue weighted by molar-refractivity contribution is 6.30. The van der Waals surface area contributed by atoms with Gasteiger partial charge in [0.15, 0.2) is 5.78 Å². The highest BCUT2D eigenvalue weighted by atomic mass is 35.5.